The number of rotatable bonds is 3. The van der Waals surface area contributed by atoms with E-state index in [-0.39, 0.29) is 0 Å². The Labute approximate surface area is 174 Å². The molecule has 0 spiro atoms. The molecule has 152 valence electrons. The minimum absolute atomic E-state index is 0.491. The summed E-state index contributed by atoms with van der Waals surface area (Å²) in [4.78, 5) is 4.73. The van der Waals surface area contributed by atoms with Crippen molar-refractivity contribution in [2.24, 2.45) is 0 Å². The first-order valence-electron chi connectivity index (χ1n) is 10.1. The zero-order chi connectivity index (χ0) is 20.7. The maximum absolute atomic E-state index is 13.8. The van der Waals surface area contributed by atoms with E-state index in [0.29, 0.717) is 5.69 Å². The third-order valence-corrected chi connectivity index (χ3v) is 5.74. The zero-order valence-electron chi connectivity index (χ0n) is 16.7. The molecular formula is C24H22F2N4. The van der Waals surface area contributed by atoms with Crippen molar-refractivity contribution in [1.82, 2.24) is 14.7 Å². The molecule has 2 heterocycles. The molecule has 0 unspecified atom stereocenters. The van der Waals surface area contributed by atoms with Crippen LogP contribution in [0, 0.1) is 11.6 Å². The summed E-state index contributed by atoms with van der Waals surface area (Å²) in [7, 11) is 2.15. The fourth-order valence-corrected chi connectivity index (χ4v) is 3.99. The van der Waals surface area contributed by atoms with Gasteiger partial charge in [0.1, 0.15) is 5.69 Å². The van der Waals surface area contributed by atoms with Crippen LogP contribution in [-0.4, -0.2) is 47.9 Å². The molecule has 0 bridgehead atoms. The van der Waals surface area contributed by atoms with Crippen molar-refractivity contribution < 1.29 is 8.78 Å². The fourth-order valence-electron chi connectivity index (χ4n) is 3.99. The van der Waals surface area contributed by atoms with Gasteiger partial charge in [0.2, 0.25) is 0 Å². The number of nitrogens with zero attached hydrogens (tertiary/aromatic N) is 4. The lowest BCUT2D eigenvalue weighted by atomic mass is 10.1. The molecule has 0 radical (unpaired) electrons. The van der Waals surface area contributed by atoms with Gasteiger partial charge in [0.05, 0.1) is 11.2 Å². The Morgan fingerprint density at radius 2 is 1.47 bits per heavy atom. The minimum atomic E-state index is -0.884. The molecule has 5 rings (SSSR count). The Bertz CT molecular complexity index is 1190. The lowest BCUT2D eigenvalue weighted by Crippen LogP contribution is -2.44. The molecule has 6 heteroatoms. The monoisotopic (exact) mass is 404 g/mol. The topological polar surface area (TPSA) is 24.3 Å². The second-order valence-corrected chi connectivity index (χ2v) is 7.71. The normalized spacial score (nSPS) is 15.1. The summed E-state index contributed by atoms with van der Waals surface area (Å²) in [5.74, 6) is -1.75. The Kier molecular flexibility index (Phi) is 4.71. The van der Waals surface area contributed by atoms with Crippen LogP contribution in [0.25, 0.3) is 27.8 Å². The van der Waals surface area contributed by atoms with Crippen molar-refractivity contribution in [3.05, 3.63) is 78.4 Å². The number of piperazine rings is 1. The molecule has 0 atom stereocenters. The lowest BCUT2D eigenvalue weighted by molar-refractivity contribution is 0.313. The van der Waals surface area contributed by atoms with Crippen molar-refractivity contribution >= 4 is 16.6 Å². The van der Waals surface area contributed by atoms with Gasteiger partial charge in [-0.25, -0.2) is 13.5 Å². The third-order valence-electron chi connectivity index (χ3n) is 5.74. The Balaban J connectivity index is 1.54. The van der Waals surface area contributed by atoms with Gasteiger partial charge in [-0.05, 0) is 37.4 Å². The van der Waals surface area contributed by atoms with E-state index in [2.05, 4.69) is 41.1 Å². The van der Waals surface area contributed by atoms with Crippen LogP contribution in [-0.2, 0) is 0 Å². The van der Waals surface area contributed by atoms with Gasteiger partial charge in [-0.3, -0.25) is 0 Å². The smallest absolute Gasteiger partial charge is 0.160 e. The molecule has 1 aliphatic rings. The number of fused-ring (bicyclic) bond motifs is 1. The molecule has 1 aromatic heterocycles. The molecule has 30 heavy (non-hydrogen) atoms. The van der Waals surface area contributed by atoms with Crippen molar-refractivity contribution in [2.45, 2.75) is 0 Å². The van der Waals surface area contributed by atoms with Gasteiger partial charge in [0.15, 0.2) is 11.6 Å². The Morgan fingerprint density at radius 3 is 2.20 bits per heavy atom. The van der Waals surface area contributed by atoms with Crippen molar-refractivity contribution in [1.29, 1.82) is 0 Å². The van der Waals surface area contributed by atoms with Crippen LogP contribution in [0.1, 0.15) is 0 Å². The van der Waals surface area contributed by atoms with Crippen LogP contribution in [0.3, 0.4) is 0 Å². The highest BCUT2D eigenvalue weighted by Crippen LogP contribution is 2.31. The average molecular weight is 404 g/mol. The highest BCUT2D eigenvalue weighted by Gasteiger charge is 2.17. The second kappa shape index (κ2) is 7.54. The predicted octanol–water partition coefficient (Wildman–Crippen LogP) is 4.72. The maximum atomic E-state index is 13.8. The largest absolute Gasteiger partial charge is 0.369 e. The molecule has 1 saturated heterocycles. The van der Waals surface area contributed by atoms with E-state index in [4.69, 9.17) is 5.10 Å². The highest BCUT2D eigenvalue weighted by atomic mass is 19.2. The third kappa shape index (κ3) is 3.33. The van der Waals surface area contributed by atoms with Crippen molar-refractivity contribution in [3.63, 3.8) is 0 Å². The van der Waals surface area contributed by atoms with Crippen LogP contribution >= 0.6 is 0 Å². The number of hydrogen-bond donors (Lipinski definition) is 0. The Morgan fingerprint density at radius 1 is 0.767 bits per heavy atom. The highest BCUT2D eigenvalue weighted by molar-refractivity contribution is 5.94. The van der Waals surface area contributed by atoms with Gasteiger partial charge in [0, 0.05) is 48.9 Å². The first kappa shape index (κ1) is 18.8. The van der Waals surface area contributed by atoms with E-state index in [1.807, 2.05) is 24.3 Å². The first-order valence-corrected chi connectivity index (χ1v) is 10.1. The maximum Gasteiger partial charge on any atom is 0.160 e. The number of likely N-dealkylation sites (N-methyl/N-ethyl adjacent to an activating group) is 1. The predicted molar refractivity (Wildman–Crippen MR) is 116 cm³/mol. The van der Waals surface area contributed by atoms with E-state index < -0.39 is 11.6 Å². The molecule has 1 aliphatic heterocycles. The van der Waals surface area contributed by atoms with E-state index in [9.17, 15) is 8.78 Å². The molecule has 0 amide bonds. The number of anilines is 1. The summed E-state index contributed by atoms with van der Waals surface area (Å²) < 4.78 is 28.9. The van der Waals surface area contributed by atoms with Crippen LogP contribution in [0.15, 0.2) is 66.7 Å². The van der Waals surface area contributed by atoms with E-state index >= 15 is 0 Å². The SMILES string of the molecule is CN1CCN(c2ccc(-c3nn(-c4ccc(F)c(F)c4)c4ccccc34)cc2)CC1. The second-order valence-electron chi connectivity index (χ2n) is 7.71. The van der Waals surface area contributed by atoms with Crippen LogP contribution < -0.4 is 4.90 Å². The van der Waals surface area contributed by atoms with Crippen molar-refractivity contribution in [2.75, 3.05) is 38.1 Å². The molecular weight excluding hydrogens is 382 g/mol. The number of para-hydroxylation sites is 1. The first-order chi connectivity index (χ1) is 14.6. The van der Waals surface area contributed by atoms with E-state index in [1.54, 1.807) is 4.68 Å². The van der Waals surface area contributed by atoms with Gasteiger partial charge in [-0.1, -0.05) is 30.3 Å². The molecule has 4 nitrogen and oxygen atoms in total. The van der Waals surface area contributed by atoms with E-state index in [1.165, 1.54) is 17.8 Å². The number of aromatic nitrogens is 2. The summed E-state index contributed by atoms with van der Waals surface area (Å²) in [5, 5.41) is 5.73. The molecule has 0 saturated carbocycles. The lowest BCUT2D eigenvalue weighted by Gasteiger charge is -2.34. The summed E-state index contributed by atoms with van der Waals surface area (Å²) >= 11 is 0. The number of benzene rings is 3. The average Bonchev–Trinajstić information content (AvgIpc) is 3.16. The summed E-state index contributed by atoms with van der Waals surface area (Å²) in [6.45, 7) is 4.16. The van der Waals surface area contributed by atoms with Crippen LogP contribution in [0.2, 0.25) is 0 Å². The minimum Gasteiger partial charge on any atom is -0.369 e. The zero-order valence-corrected chi connectivity index (χ0v) is 16.7. The molecule has 0 aliphatic carbocycles. The van der Waals surface area contributed by atoms with Crippen LogP contribution in [0.4, 0.5) is 14.5 Å². The molecule has 1 fully saturated rings. The van der Waals surface area contributed by atoms with E-state index in [0.717, 1.165) is 54.4 Å². The van der Waals surface area contributed by atoms with Crippen molar-refractivity contribution in [3.8, 4) is 16.9 Å². The van der Waals surface area contributed by atoms with Crippen LogP contribution in [0.5, 0.6) is 0 Å². The fraction of sp³-hybridized carbons (Fsp3) is 0.208. The summed E-state index contributed by atoms with van der Waals surface area (Å²) in [5.41, 5.74) is 4.36. The quantitative estimate of drug-likeness (QED) is 0.494. The summed E-state index contributed by atoms with van der Waals surface area (Å²) in [6, 6.07) is 20.1. The number of halogens is 2. The molecule has 3 aromatic carbocycles. The Hall–Kier alpha value is -3.25. The number of hydrogen-bond acceptors (Lipinski definition) is 3. The van der Waals surface area contributed by atoms with Gasteiger partial charge in [-0.2, -0.15) is 5.10 Å². The summed E-state index contributed by atoms with van der Waals surface area (Å²) in [6.07, 6.45) is 0. The van der Waals surface area contributed by atoms with Gasteiger partial charge >= 0.3 is 0 Å². The molecule has 4 aromatic rings. The van der Waals surface area contributed by atoms with Gasteiger partial charge in [0.25, 0.3) is 0 Å². The van der Waals surface area contributed by atoms with Gasteiger partial charge < -0.3 is 9.80 Å². The molecule has 0 N–H and O–H groups in total. The standard InChI is InChI=1S/C24H22F2N4/c1-28-12-14-29(15-13-28)18-8-6-17(7-9-18)24-20-4-2-3-5-23(20)30(27-24)19-10-11-21(25)22(26)16-19/h2-11,16H,12-15H2,1H3. The van der Waals surface area contributed by atoms with Gasteiger partial charge in [-0.15, -0.1) is 0 Å².